The third kappa shape index (κ3) is 5.68. The predicted octanol–water partition coefficient (Wildman–Crippen LogP) is 4.29. The van der Waals surface area contributed by atoms with Gasteiger partial charge in [-0.15, -0.1) is 0 Å². The van der Waals surface area contributed by atoms with E-state index < -0.39 is 0 Å². The molecule has 0 heterocycles. The van der Waals surface area contributed by atoms with Gasteiger partial charge >= 0.3 is 0 Å². The second-order valence-electron chi connectivity index (χ2n) is 5.95. The first kappa shape index (κ1) is 16.3. The molecule has 0 unspecified atom stereocenters. The molecule has 1 fully saturated rings. The number of benzene rings is 1. The first-order chi connectivity index (χ1) is 10.1. The predicted molar refractivity (Wildman–Crippen MR) is 88.9 cm³/mol. The monoisotopic (exact) mass is 308 g/mol. The first-order valence-corrected chi connectivity index (χ1v) is 8.32. The van der Waals surface area contributed by atoms with Crippen LogP contribution in [-0.4, -0.2) is 18.5 Å². The number of hydrogen-bond acceptors (Lipinski definition) is 2. The Bertz CT molecular complexity index is 468. The number of amides is 1. The van der Waals surface area contributed by atoms with Crippen LogP contribution in [0.15, 0.2) is 18.2 Å². The minimum absolute atomic E-state index is 0.0252. The van der Waals surface area contributed by atoms with E-state index in [2.05, 4.69) is 10.6 Å². The van der Waals surface area contributed by atoms with E-state index in [1.807, 2.05) is 25.1 Å². The lowest BCUT2D eigenvalue weighted by molar-refractivity contribution is -0.115. The van der Waals surface area contributed by atoms with Gasteiger partial charge in [0.15, 0.2) is 0 Å². The summed E-state index contributed by atoms with van der Waals surface area (Å²) in [6, 6.07) is 6.14. The standard InChI is InChI=1S/C17H25ClN2O/c1-13-9-10-16(15(18)11-13)20-17(21)12-19-14-7-5-3-2-4-6-8-14/h9-11,14,19H,2-8,12H2,1H3,(H,20,21). The maximum Gasteiger partial charge on any atom is 0.238 e. The average molecular weight is 309 g/mol. The summed E-state index contributed by atoms with van der Waals surface area (Å²) in [6.07, 6.45) is 8.90. The molecule has 0 radical (unpaired) electrons. The average Bonchev–Trinajstić information content (AvgIpc) is 2.41. The van der Waals surface area contributed by atoms with E-state index in [4.69, 9.17) is 11.6 Å². The number of halogens is 1. The van der Waals surface area contributed by atoms with Gasteiger partial charge in [0, 0.05) is 6.04 Å². The molecule has 0 atom stereocenters. The smallest absolute Gasteiger partial charge is 0.238 e. The van der Waals surface area contributed by atoms with Crippen molar-refractivity contribution in [3.8, 4) is 0 Å². The molecule has 116 valence electrons. The molecule has 1 aromatic rings. The molecular formula is C17H25ClN2O. The van der Waals surface area contributed by atoms with Crippen molar-refractivity contribution in [3.63, 3.8) is 0 Å². The van der Waals surface area contributed by atoms with Gasteiger partial charge in [0.05, 0.1) is 17.3 Å². The molecule has 2 N–H and O–H groups in total. The van der Waals surface area contributed by atoms with Crippen LogP contribution < -0.4 is 10.6 Å². The van der Waals surface area contributed by atoms with Gasteiger partial charge in [-0.1, -0.05) is 49.8 Å². The van der Waals surface area contributed by atoms with Crippen molar-refractivity contribution in [3.05, 3.63) is 28.8 Å². The minimum atomic E-state index is -0.0252. The normalized spacial score (nSPS) is 17.0. The number of nitrogens with one attached hydrogen (secondary N) is 2. The molecule has 0 spiro atoms. The Morgan fingerprint density at radius 1 is 1.19 bits per heavy atom. The fourth-order valence-corrected chi connectivity index (χ4v) is 3.10. The number of carbonyl (C=O) groups is 1. The van der Waals surface area contributed by atoms with E-state index in [0.717, 1.165) is 5.56 Å². The maximum absolute atomic E-state index is 12.0. The number of hydrogen-bond donors (Lipinski definition) is 2. The Balaban J connectivity index is 1.78. The zero-order valence-corrected chi connectivity index (χ0v) is 13.5. The summed E-state index contributed by atoms with van der Waals surface area (Å²) in [4.78, 5) is 12.0. The van der Waals surface area contributed by atoms with Crippen LogP contribution in [0.5, 0.6) is 0 Å². The first-order valence-electron chi connectivity index (χ1n) is 7.94. The van der Waals surface area contributed by atoms with Gasteiger partial charge in [0.25, 0.3) is 0 Å². The van der Waals surface area contributed by atoms with Gasteiger partial charge in [-0.2, -0.15) is 0 Å². The number of anilines is 1. The lowest BCUT2D eigenvalue weighted by atomic mass is 9.97. The summed E-state index contributed by atoms with van der Waals surface area (Å²) in [5, 5.41) is 6.85. The van der Waals surface area contributed by atoms with Crippen molar-refractivity contribution in [2.45, 2.75) is 57.9 Å². The fourth-order valence-electron chi connectivity index (χ4n) is 2.81. The van der Waals surface area contributed by atoms with E-state index in [9.17, 15) is 4.79 Å². The molecule has 1 saturated carbocycles. The van der Waals surface area contributed by atoms with Crippen molar-refractivity contribution in [1.82, 2.24) is 5.32 Å². The lowest BCUT2D eigenvalue weighted by Gasteiger charge is -2.20. The van der Waals surface area contributed by atoms with Crippen molar-refractivity contribution < 1.29 is 4.79 Å². The molecule has 1 aromatic carbocycles. The van der Waals surface area contributed by atoms with Crippen molar-refractivity contribution in [1.29, 1.82) is 0 Å². The van der Waals surface area contributed by atoms with Crippen LogP contribution in [0.1, 0.15) is 50.5 Å². The molecule has 1 aliphatic rings. The Hall–Kier alpha value is -1.06. The minimum Gasteiger partial charge on any atom is -0.324 e. The fraction of sp³-hybridized carbons (Fsp3) is 0.588. The SMILES string of the molecule is Cc1ccc(NC(=O)CNC2CCCCCCC2)c(Cl)c1. The Labute approximate surface area is 132 Å². The van der Waals surface area contributed by atoms with Gasteiger partial charge in [0.1, 0.15) is 0 Å². The number of carbonyl (C=O) groups excluding carboxylic acids is 1. The summed E-state index contributed by atoms with van der Waals surface area (Å²) in [5.74, 6) is -0.0252. The lowest BCUT2D eigenvalue weighted by Crippen LogP contribution is -2.36. The second-order valence-corrected chi connectivity index (χ2v) is 6.36. The highest BCUT2D eigenvalue weighted by molar-refractivity contribution is 6.33. The van der Waals surface area contributed by atoms with E-state index in [-0.39, 0.29) is 5.91 Å². The third-order valence-corrected chi connectivity index (χ3v) is 4.37. The van der Waals surface area contributed by atoms with Crippen molar-refractivity contribution in [2.24, 2.45) is 0 Å². The molecule has 1 amide bonds. The van der Waals surface area contributed by atoms with Gasteiger partial charge < -0.3 is 10.6 Å². The third-order valence-electron chi connectivity index (χ3n) is 4.06. The topological polar surface area (TPSA) is 41.1 Å². The molecular weight excluding hydrogens is 284 g/mol. The maximum atomic E-state index is 12.0. The zero-order valence-electron chi connectivity index (χ0n) is 12.8. The van der Waals surface area contributed by atoms with E-state index >= 15 is 0 Å². The highest BCUT2D eigenvalue weighted by Gasteiger charge is 2.13. The summed E-state index contributed by atoms with van der Waals surface area (Å²) < 4.78 is 0. The summed E-state index contributed by atoms with van der Waals surface area (Å²) >= 11 is 6.13. The molecule has 1 aliphatic carbocycles. The van der Waals surface area contributed by atoms with Crippen LogP contribution in [0, 0.1) is 6.92 Å². The van der Waals surface area contributed by atoms with Gasteiger partial charge in [-0.05, 0) is 37.5 Å². The van der Waals surface area contributed by atoms with E-state index in [1.54, 1.807) is 0 Å². The molecule has 0 bridgehead atoms. The molecule has 0 saturated heterocycles. The van der Waals surface area contributed by atoms with Gasteiger partial charge in [0.2, 0.25) is 5.91 Å². The Morgan fingerprint density at radius 3 is 2.52 bits per heavy atom. The van der Waals surface area contributed by atoms with E-state index in [0.29, 0.717) is 23.3 Å². The van der Waals surface area contributed by atoms with Crippen LogP contribution in [0.2, 0.25) is 5.02 Å². The Kier molecular flexibility index (Phi) is 6.52. The molecule has 0 aromatic heterocycles. The van der Waals surface area contributed by atoms with Crippen LogP contribution in [0.25, 0.3) is 0 Å². The van der Waals surface area contributed by atoms with Crippen LogP contribution in [0.3, 0.4) is 0 Å². The molecule has 4 heteroatoms. The van der Waals surface area contributed by atoms with Gasteiger partial charge in [-0.25, -0.2) is 0 Å². The van der Waals surface area contributed by atoms with Crippen LogP contribution in [-0.2, 0) is 4.79 Å². The highest BCUT2D eigenvalue weighted by atomic mass is 35.5. The highest BCUT2D eigenvalue weighted by Crippen LogP contribution is 2.22. The van der Waals surface area contributed by atoms with Gasteiger partial charge in [-0.3, -0.25) is 4.79 Å². The molecule has 0 aliphatic heterocycles. The van der Waals surface area contributed by atoms with Crippen LogP contribution in [0.4, 0.5) is 5.69 Å². The number of rotatable bonds is 4. The summed E-state index contributed by atoms with van der Waals surface area (Å²) in [5.41, 5.74) is 1.78. The quantitative estimate of drug-likeness (QED) is 0.871. The molecule has 3 nitrogen and oxygen atoms in total. The number of aryl methyl sites for hydroxylation is 1. The second kappa shape index (κ2) is 8.40. The van der Waals surface area contributed by atoms with Crippen LogP contribution >= 0.6 is 11.6 Å². The van der Waals surface area contributed by atoms with Crippen molar-refractivity contribution >= 4 is 23.2 Å². The summed E-state index contributed by atoms with van der Waals surface area (Å²) in [6.45, 7) is 2.34. The largest absolute Gasteiger partial charge is 0.324 e. The van der Waals surface area contributed by atoms with E-state index in [1.165, 1.54) is 44.9 Å². The Morgan fingerprint density at radius 2 is 1.86 bits per heavy atom. The zero-order chi connectivity index (χ0) is 15.1. The molecule has 2 rings (SSSR count). The molecule has 21 heavy (non-hydrogen) atoms. The van der Waals surface area contributed by atoms with Crippen molar-refractivity contribution in [2.75, 3.05) is 11.9 Å². The summed E-state index contributed by atoms with van der Waals surface area (Å²) in [7, 11) is 0.